The van der Waals surface area contributed by atoms with Crippen molar-refractivity contribution in [1.29, 1.82) is 0 Å². The van der Waals surface area contributed by atoms with E-state index < -0.39 is 6.04 Å². The zero-order chi connectivity index (χ0) is 17.5. The number of ether oxygens (including phenoxy) is 1. The molecule has 1 saturated heterocycles. The van der Waals surface area contributed by atoms with Crippen LogP contribution in [0.15, 0.2) is 24.3 Å². The van der Waals surface area contributed by atoms with Gasteiger partial charge in [-0.3, -0.25) is 9.59 Å². The van der Waals surface area contributed by atoms with E-state index in [1.807, 2.05) is 18.7 Å². The lowest BCUT2D eigenvalue weighted by Crippen LogP contribution is -2.52. The maximum atomic E-state index is 12.8. The minimum Gasteiger partial charge on any atom is -0.497 e. The first-order valence-electron chi connectivity index (χ1n) is 8.47. The van der Waals surface area contributed by atoms with Gasteiger partial charge in [0.1, 0.15) is 11.8 Å². The Morgan fingerprint density at radius 2 is 1.88 bits per heavy atom. The third-order valence-electron chi connectivity index (χ3n) is 4.22. The summed E-state index contributed by atoms with van der Waals surface area (Å²) < 4.78 is 5.10. The lowest BCUT2D eigenvalue weighted by Gasteiger charge is -2.28. The monoisotopic (exact) mass is 333 g/mol. The molecule has 132 valence electrons. The summed E-state index contributed by atoms with van der Waals surface area (Å²) in [7, 11) is 1.58. The summed E-state index contributed by atoms with van der Waals surface area (Å²) >= 11 is 0. The van der Waals surface area contributed by atoms with Gasteiger partial charge < -0.3 is 20.3 Å². The van der Waals surface area contributed by atoms with E-state index in [0.717, 1.165) is 26.1 Å². The van der Waals surface area contributed by atoms with Crippen LogP contribution in [0.2, 0.25) is 0 Å². The number of benzene rings is 1. The van der Waals surface area contributed by atoms with E-state index in [4.69, 9.17) is 4.74 Å². The van der Waals surface area contributed by atoms with Crippen LogP contribution in [0.5, 0.6) is 5.75 Å². The summed E-state index contributed by atoms with van der Waals surface area (Å²) in [6, 6.07) is 6.36. The van der Waals surface area contributed by atoms with Crippen LogP contribution in [0, 0.1) is 5.92 Å². The smallest absolute Gasteiger partial charge is 0.251 e. The van der Waals surface area contributed by atoms with Gasteiger partial charge in [-0.2, -0.15) is 0 Å². The molecule has 1 atom stereocenters. The largest absolute Gasteiger partial charge is 0.497 e. The van der Waals surface area contributed by atoms with E-state index in [0.29, 0.717) is 17.9 Å². The van der Waals surface area contributed by atoms with E-state index in [1.54, 1.807) is 31.4 Å². The molecule has 0 saturated carbocycles. The second-order valence-electron chi connectivity index (χ2n) is 6.35. The quantitative estimate of drug-likeness (QED) is 0.851. The standard InChI is InChI=1S/C18H27N3O3/c1-13(2)16(18(23)21-11-4-9-19-10-12-21)20-17(22)14-5-7-15(24-3)8-6-14/h5-8,13,16,19H,4,9-12H2,1-3H3,(H,20,22). The molecule has 6 heteroatoms. The van der Waals surface area contributed by atoms with Gasteiger partial charge in [-0.15, -0.1) is 0 Å². The molecule has 0 aliphatic carbocycles. The molecule has 24 heavy (non-hydrogen) atoms. The van der Waals surface area contributed by atoms with Crippen LogP contribution in [0.1, 0.15) is 30.6 Å². The van der Waals surface area contributed by atoms with Gasteiger partial charge in [0.15, 0.2) is 0 Å². The number of methoxy groups -OCH3 is 1. The predicted octanol–water partition coefficient (Wildman–Crippen LogP) is 1.27. The van der Waals surface area contributed by atoms with Gasteiger partial charge in [0.05, 0.1) is 7.11 Å². The van der Waals surface area contributed by atoms with Gasteiger partial charge in [0, 0.05) is 25.2 Å². The van der Waals surface area contributed by atoms with Crippen molar-refractivity contribution in [3.8, 4) is 5.75 Å². The fraction of sp³-hybridized carbons (Fsp3) is 0.556. The summed E-state index contributed by atoms with van der Waals surface area (Å²) in [5.41, 5.74) is 0.520. The second-order valence-corrected chi connectivity index (χ2v) is 6.35. The SMILES string of the molecule is COc1ccc(C(=O)NC(C(=O)N2CCCNCC2)C(C)C)cc1. The van der Waals surface area contributed by atoms with Crippen molar-refractivity contribution in [2.75, 3.05) is 33.3 Å². The van der Waals surface area contributed by atoms with E-state index in [2.05, 4.69) is 10.6 Å². The maximum Gasteiger partial charge on any atom is 0.251 e. The van der Waals surface area contributed by atoms with Crippen molar-refractivity contribution in [2.24, 2.45) is 5.92 Å². The Bertz CT molecular complexity index is 549. The summed E-state index contributed by atoms with van der Waals surface area (Å²) in [6.07, 6.45) is 0.934. The Labute approximate surface area is 143 Å². The van der Waals surface area contributed by atoms with Crippen LogP contribution in [0.4, 0.5) is 0 Å². The number of hydrogen-bond donors (Lipinski definition) is 2. The molecule has 1 aromatic rings. The number of carbonyl (C=O) groups excluding carboxylic acids is 2. The number of carbonyl (C=O) groups is 2. The zero-order valence-corrected chi connectivity index (χ0v) is 14.7. The summed E-state index contributed by atoms with van der Waals surface area (Å²) in [6.45, 7) is 7.03. The third-order valence-corrected chi connectivity index (χ3v) is 4.22. The molecule has 1 aromatic carbocycles. The van der Waals surface area contributed by atoms with Crippen LogP contribution in [-0.2, 0) is 4.79 Å². The van der Waals surface area contributed by atoms with E-state index >= 15 is 0 Å². The Morgan fingerprint density at radius 1 is 1.17 bits per heavy atom. The van der Waals surface area contributed by atoms with Crippen molar-refractivity contribution in [2.45, 2.75) is 26.3 Å². The third kappa shape index (κ3) is 4.71. The van der Waals surface area contributed by atoms with Gasteiger partial charge in [0.2, 0.25) is 5.91 Å². The Hall–Kier alpha value is -2.08. The highest BCUT2D eigenvalue weighted by molar-refractivity contribution is 5.97. The Balaban J connectivity index is 2.06. The number of hydrogen-bond acceptors (Lipinski definition) is 4. The average Bonchev–Trinajstić information content (AvgIpc) is 2.88. The molecule has 2 rings (SSSR count). The van der Waals surface area contributed by atoms with Gasteiger partial charge in [-0.1, -0.05) is 13.8 Å². The Kier molecular flexibility index (Phi) is 6.61. The first-order chi connectivity index (χ1) is 11.5. The highest BCUT2D eigenvalue weighted by atomic mass is 16.5. The first-order valence-corrected chi connectivity index (χ1v) is 8.47. The number of nitrogens with zero attached hydrogens (tertiary/aromatic N) is 1. The van der Waals surface area contributed by atoms with E-state index in [-0.39, 0.29) is 17.7 Å². The topological polar surface area (TPSA) is 70.7 Å². The number of rotatable bonds is 5. The normalized spacial score (nSPS) is 16.4. The number of amides is 2. The second kappa shape index (κ2) is 8.68. The molecule has 1 fully saturated rings. The van der Waals surface area contributed by atoms with Gasteiger partial charge in [-0.05, 0) is 43.1 Å². The van der Waals surface area contributed by atoms with Gasteiger partial charge in [0.25, 0.3) is 5.91 Å². The van der Waals surface area contributed by atoms with Crippen LogP contribution in [0.3, 0.4) is 0 Å². The van der Waals surface area contributed by atoms with E-state index in [9.17, 15) is 9.59 Å². The lowest BCUT2D eigenvalue weighted by atomic mass is 10.0. The summed E-state index contributed by atoms with van der Waals surface area (Å²) in [5, 5.41) is 6.18. The average molecular weight is 333 g/mol. The Morgan fingerprint density at radius 3 is 2.50 bits per heavy atom. The molecule has 1 aliphatic rings. The molecule has 1 heterocycles. The van der Waals surface area contributed by atoms with Crippen molar-refractivity contribution < 1.29 is 14.3 Å². The maximum absolute atomic E-state index is 12.8. The fourth-order valence-electron chi connectivity index (χ4n) is 2.74. The minimum absolute atomic E-state index is 0.00411. The lowest BCUT2D eigenvalue weighted by molar-refractivity contribution is -0.134. The van der Waals surface area contributed by atoms with Crippen LogP contribution >= 0.6 is 0 Å². The molecule has 1 unspecified atom stereocenters. The van der Waals surface area contributed by atoms with Crippen LogP contribution in [0.25, 0.3) is 0 Å². The summed E-state index contributed by atoms with van der Waals surface area (Å²) in [5.74, 6) is 0.476. The van der Waals surface area contributed by atoms with Gasteiger partial charge in [-0.25, -0.2) is 0 Å². The highest BCUT2D eigenvalue weighted by Crippen LogP contribution is 2.13. The fourth-order valence-corrected chi connectivity index (χ4v) is 2.74. The number of nitrogens with one attached hydrogen (secondary N) is 2. The molecule has 6 nitrogen and oxygen atoms in total. The molecule has 0 bridgehead atoms. The molecule has 0 aromatic heterocycles. The van der Waals surface area contributed by atoms with Crippen LogP contribution in [-0.4, -0.2) is 56.0 Å². The molecule has 0 spiro atoms. The van der Waals surface area contributed by atoms with E-state index in [1.165, 1.54) is 0 Å². The summed E-state index contributed by atoms with van der Waals surface area (Å²) in [4.78, 5) is 27.1. The first kappa shape index (κ1) is 18.3. The van der Waals surface area contributed by atoms with Gasteiger partial charge >= 0.3 is 0 Å². The molecule has 0 radical (unpaired) electrons. The van der Waals surface area contributed by atoms with Crippen molar-refractivity contribution in [1.82, 2.24) is 15.5 Å². The van der Waals surface area contributed by atoms with Crippen LogP contribution < -0.4 is 15.4 Å². The zero-order valence-electron chi connectivity index (χ0n) is 14.7. The predicted molar refractivity (Wildman–Crippen MR) is 93.2 cm³/mol. The van der Waals surface area contributed by atoms with Crippen molar-refractivity contribution >= 4 is 11.8 Å². The van der Waals surface area contributed by atoms with Crippen molar-refractivity contribution in [3.05, 3.63) is 29.8 Å². The molecule has 2 amide bonds. The molecule has 1 aliphatic heterocycles. The van der Waals surface area contributed by atoms with Crippen molar-refractivity contribution in [3.63, 3.8) is 0 Å². The molecular weight excluding hydrogens is 306 g/mol. The minimum atomic E-state index is -0.516. The highest BCUT2D eigenvalue weighted by Gasteiger charge is 2.29. The molecular formula is C18H27N3O3. The molecule has 2 N–H and O–H groups in total.